The number of hydrogen-bond donors (Lipinski definition) is 0. The standard InChI is InChI=1S/C31H33FN4O2S/c1-20-33-24-11-10-22(16-25(24)39-20)21-7-6-8-23(15-21)36(28(37)30-17-31(32,18-30)19-30)14-5-3-4-9-26-34-27(38-35-26)29(2)12-13-29/h6-8,10-11,15-16H,3-5,9,12-14,17-19H2,1-2H3. The zero-order chi connectivity index (χ0) is 26.8. The number of aromatic nitrogens is 3. The molecule has 4 aliphatic rings. The van der Waals surface area contributed by atoms with Gasteiger partial charge in [-0.15, -0.1) is 11.3 Å². The van der Waals surface area contributed by atoms with Crippen LogP contribution in [0, 0.1) is 12.3 Å². The Morgan fingerprint density at radius 1 is 1.05 bits per heavy atom. The van der Waals surface area contributed by atoms with Gasteiger partial charge in [0.25, 0.3) is 0 Å². The first-order chi connectivity index (χ1) is 18.7. The van der Waals surface area contributed by atoms with Crippen LogP contribution in [0.2, 0.25) is 0 Å². The molecule has 2 aromatic carbocycles. The number of rotatable bonds is 10. The highest BCUT2D eigenvalue weighted by atomic mass is 32.1. The van der Waals surface area contributed by atoms with Gasteiger partial charge in [0.15, 0.2) is 5.82 Å². The summed E-state index contributed by atoms with van der Waals surface area (Å²) in [5.41, 5.74) is 2.54. The lowest BCUT2D eigenvalue weighted by molar-refractivity contribution is -0.211. The molecule has 0 saturated heterocycles. The number of unbranched alkanes of at least 4 members (excludes halogenated alkanes) is 2. The Hall–Kier alpha value is -3.13. The SMILES string of the molecule is Cc1nc2ccc(-c3cccc(N(CCCCCc4noc(C5(C)CC5)n4)C(=O)C45CC(F)(C4)C5)c3)cc2s1. The highest BCUT2D eigenvalue weighted by molar-refractivity contribution is 7.18. The second-order valence-corrected chi connectivity index (χ2v) is 13.5. The number of hydrogen-bond acceptors (Lipinski definition) is 6. The van der Waals surface area contributed by atoms with Crippen molar-refractivity contribution in [1.82, 2.24) is 15.1 Å². The summed E-state index contributed by atoms with van der Waals surface area (Å²) in [4.78, 5) is 24.8. The smallest absolute Gasteiger partial charge is 0.233 e. The van der Waals surface area contributed by atoms with Gasteiger partial charge in [-0.2, -0.15) is 4.98 Å². The molecule has 4 saturated carbocycles. The van der Waals surface area contributed by atoms with E-state index in [1.54, 1.807) is 11.3 Å². The Labute approximate surface area is 231 Å². The largest absolute Gasteiger partial charge is 0.339 e. The molecule has 6 nitrogen and oxygen atoms in total. The summed E-state index contributed by atoms with van der Waals surface area (Å²) >= 11 is 1.69. The van der Waals surface area contributed by atoms with E-state index in [1.807, 2.05) is 24.0 Å². The Kier molecular flexibility index (Phi) is 5.71. The normalized spacial score (nSPS) is 24.3. The first-order valence-electron chi connectivity index (χ1n) is 14.1. The molecule has 1 amide bonds. The van der Waals surface area contributed by atoms with E-state index >= 15 is 0 Å². The molecule has 39 heavy (non-hydrogen) atoms. The highest BCUT2D eigenvalue weighted by Crippen LogP contribution is 2.70. The van der Waals surface area contributed by atoms with Gasteiger partial charge in [0.1, 0.15) is 5.67 Å². The number of thiazole rings is 1. The summed E-state index contributed by atoms with van der Waals surface area (Å²) < 4.78 is 21.0. The number of carbonyl (C=O) groups is 1. The molecule has 8 rings (SSSR count). The van der Waals surface area contributed by atoms with Crippen molar-refractivity contribution in [3.63, 3.8) is 0 Å². The molecule has 0 unspecified atom stereocenters. The molecule has 0 spiro atoms. The van der Waals surface area contributed by atoms with Crippen molar-refractivity contribution in [3.05, 3.63) is 59.2 Å². The van der Waals surface area contributed by atoms with Gasteiger partial charge in [-0.3, -0.25) is 4.79 Å². The summed E-state index contributed by atoms with van der Waals surface area (Å²) in [6.07, 6.45) is 6.87. The molecular weight excluding hydrogens is 511 g/mol. The third-order valence-corrected chi connectivity index (χ3v) is 9.85. The minimum absolute atomic E-state index is 0.0770. The second kappa shape index (κ2) is 8.95. The number of carbonyl (C=O) groups excluding carboxylic acids is 1. The van der Waals surface area contributed by atoms with Crippen LogP contribution >= 0.6 is 11.3 Å². The average molecular weight is 545 g/mol. The highest BCUT2D eigenvalue weighted by Gasteiger charge is 2.73. The number of alkyl halides is 1. The van der Waals surface area contributed by atoms with E-state index in [0.717, 1.165) is 82.3 Å². The van der Waals surface area contributed by atoms with E-state index in [0.29, 0.717) is 25.8 Å². The molecule has 0 aliphatic heterocycles. The van der Waals surface area contributed by atoms with Crippen LogP contribution in [-0.2, 0) is 16.6 Å². The summed E-state index contributed by atoms with van der Waals surface area (Å²) in [7, 11) is 0. The molecule has 0 radical (unpaired) electrons. The summed E-state index contributed by atoms with van der Waals surface area (Å²) in [6, 6.07) is 14.5. The molecule has 0 N–H and O–H groups in total. The van der Waals surface area contributed by atoms with Crippen LogP contribution in [0.15, 0.2) is 47.0 Å². The minimum Gasteiger partial charge on any atom is -0.339 e. The maximum atomic E-state index is 14.4. The fourth-order valence-corrected chi connectivity index (χ4v) is 7.20. The monoisotopic (exact) mass is 544 g/mol. The lowest BCUT2D eigenvalue weighted by atomic mass is 9.42. The number of benzene rings is 2. The van der Waals surface area contributed by atoms with Crippen molar-refractivity contribution in [2.45, 2.75) is 82.7 Å². The van der Waals surface area contributed by atoms with Crippen LogP contribution < -0.4 is 4.90 Å². The van der Waals surface area contributed by atoms with E-state index in [2.05, 4.69) is 52.4 Å². The predicted octanol–water partition coefficient (Wildman–Crippen LogP) is 7.34. The quantitative estimate of drug-likeness (QED) is 0.195. The molecule has 2 aromatic heterocycles. The lowest BCUT2D eigenvalue weighted by Gasteiger charge is -2.65. The number of halogens is 1. The fourth-order valence-electron chi connectivity index (χ4n) is 6.33. The van der Waals surface area contributed by atoms with Gasteiger partial charge in [0.05, 0.1) is 20.6 Å². The Morgan fingerprint density at radius 2 is 1.85 bits per heavy atom. The van der Waals surface area contributed by atoms with Gasteiger partial charge < -0.3 is 9.42 Å². The van der Waals surface area contributed by atoms with Gasteiger partial charge in [-0.1, -0.05) is 36.7 Å². The van der Waals surface area contributed by atoms with E-state index in [-0.39, 0.29) is 11.3 Å². The molecule has 4 fully saturated rings. The molecule has 0 atom stereocenters. The summed E-state index contributed by atoms with van der Waals surface area (Å²) in [6.45, 7) is 4.81. The van der Waals surface area contributed by atoms with Crippen LogP contribution in [-0.4, -0.2) is 33.2 Å². The van der Waals surface area contributed by atoms with Crippen LogP contribution in [0.25, 0.3) is 21.3 Å². The molecule has 2 heterocycles. The van der Waals surface area contributed by atoms with E-state index in [4.69, 9.17) is 4.52 Å². The van der Waals surface area contributed by atoms with Gasteiger partial charge in [0.2, 0.25) is 11.8 Å². The summed E-state index contributed by atoms with van der Waals surface area (Å²) in [5.74, 6) is 1.62. The lowest BCUT2D eigenvalue weighted by Crippen LogP contribution is -2.70. The van der Waals surface area contributed by atoms with Crippen molar-refractivity contribution in [1.29, 1.82) is 0 Å². The van der Waals surface area contributed by atoms with E-state index < -0.39 is 11.1 Å². The molecule has 2 bridgehead atoms. The van der Waals surface area contributed by atoms with Crippen molar-refractivity contribution in [2.24, 2.45) is 5.41 Å². The van der Waals surface area contributed by atoms with E-state index in [1.165, 1.54) is 0 Å². The van der Waals surface area contributed by atoms with Gasteiger partial charge >= 0.3 is 0 Å². The van der Waals surface area contributed by atoms with Crippen LogP contribution in [0.5, 0.6) is 0 Å². The van der Waals surface area contributed by atoms with Crippen molar-refractivity contribution in [3.8, 4) is 11.1 Å². The minimum atomic E-state index is -1.10. The number of aryl methyl sites for hydroxylation is 2. The third kappa shape index (κ3) is 4.46. The molecule has 4 aliphatic carbocycles. The fraction of sp³-hybridized carbons (Fsp3) is 0.484. The Morgan fingerprint density at radius 3 is 2.62 bits per heavy atom. The number of anilines is 1. The number of fused-ring (bicyclic) bond motifs is 1. The van der Waals surface area contributed by atoms with Crippen molar-refractivity contribution < 1.29 is 13.7 Å². The zero-order valence-electron chi connectivity index (χ0n) is 22.5. The first-order valence-corrected chi connectivity index (χ1v) is 14.9. The van der Waals surface area contributed by atoms with Crippen LogP contribution in [0.4, 0.5) is 10.1 Å². The van der Waals surface area contributed by atoms with Gasteiger partial charge in [-0.05, 0) is 87.3 Å². The number of nitrogens with zero attached hydrogens (tertiary/aromatic N) is 4. The molecule has 4 aromatic rings. The van der Waals surface area contributed by atoms with E-state index in [9.17, 15) is 9.18 Å². The molecule has 8 heteroatoms. The third-order valence-electron chi connectivity index (χ3n) is 8.92. The molecule has 202 valence electrons. The summed E-state index contributed by atoms with van der Waals surface area (Å²) in [5, 5.41) is 5.21. The zero-order valence-corrected chi connectivity index (χ0v) is 23.3. The maximum absolute atomic E-state index is 14.4. The predicted molar refractivity (Wildman–Crippen MR) is 151 cm³/mol. The van der Waals surface area contributed by atoms with Crippen molar-refractivity contribution >= 4 is 33.1 Å². The molecular formula is C31H33FN4O2S. The van der Waals surface area contributed by atoms with Gasteiger partial charge in [-0.25, -0.2) is 9.37 Å². The van der Waals surface area contributed by atoms with Crippen molar-refractivity contribution in [2.75, 3.05) is 11.4 Å². The number of amides is 1. The maximum Gasteiger partial charge on any atom is 0.233 e. The first kappa shape index (κ1) is 24.9. The Bertz CT molecular complexity index is 1550. The Balaban J connectivity index is 1.05. The van der Waals surface area contributed by atoms with Gasteiger partial charge in [0, 0.05) is 24.1 Å². The topological polar surface area (TPSA) is 72.1 Å². The second-order valence-electron chi connectivity index (χ2n) is 12.3. The average Bonchev–Trinajstić information content (AvgIpc) is 3.28. The van der Waals surface area contributed by atoms with Crippen LogP contribution in [0.3, 0.4) is 0 Å². The van der Waals surface area contributed by atoms with Crippen LogP contribution in [0.1, 0.15) is 75.0 Å².